The van der Waals surface area contributed by atoms with Gasteiger partial charge in [0.1, 0.15) is 5.52 Å². The van der Waals surface area contributed by atoms with E-state index < -0.39 is 6.36 Å². The lowest BCUT2D eigenvalue weighted by Crippen LogP contribution is -2.18. The normalized spacial score (nSPS) is 15.2. The Labute approximate surface area is 112 Å². The van der Waals surface area contributed by atoms with Crippen LogP contribution in [-0.2, 0) is 17.8 Å². The number of ether oxygens (including phenoxy) is 2. The maximum absolute atomic E-state index is 12.4. The van der Waals surface area contributed by atoms with E-state index >= 15 is 0 Å². The van der Waals surface area contributed by atoms with Crippen molar-refractivity contribution < 1.29 is 22.6 Å². The second kappa shape index (κ2) is 4.52. The first-order valence-corrected chi connectivity index (χ1v) is 5.99. The highest BCUT2D eigenvalue weighted by atomic mass is 19.4. The topological polar surface area (TPSA) is 57.4 Å². The minimum Gasteiger partial charge on any atom is -0.403 e. The van der Waals surface area contributed by atoms with Gasteiger partial charge in [-0.2, -0.15) is 0 Å². The van der Waals surface area contributed by atoms with Crippen LogP contribution in [0.5, 0.6) is 5.75 Å². The molecular formula is C13H11F3N2O2. The number of fused-ring (bicyclic) bond motifs is 2. The van der Waals surface area contributed by atoms with Crippen molar-refractivity contribution >= 4 is 16.6 Å². The molecule has 0 fully saturated rings. The Bertz CT molecular complexity index is 671. The van der Waals surface area contributed by atoms with Crippen molar-refractivity contribution in [1.82, 2.24) is 4.98 Å². The fraction of sp³-hybridized carbons (Fsp3) is 0.308. The Kier molecular flexibility index (Phi) is 2.93. The van der Waals surface area contributed by atoms with Gasteiger partial charge in [-0.1, -0.05) is 12.1 Å². The zero-order chi connectivity index (χ0) is 14.3. The molecule has 0 saturated heterocycles. The number of pyridine rings is 1. The molecule has 3 rings (SSSR count). The molecular weight excluding hydrogens is 273 g/mol. The van der Waals surface area contributed by atoms with Gasteiger partial charge in [-0.3, -0.25) is 0 Å². The zero-order valence-electron chi connectivity index (χ0n) is 10.3. The van der Waals surface area contributed by atoms with Gasteiger partial charge in [-0.15, -0.1) is 13.2 Å². The highest BCUT2D eigenvalue weighted by Crippen LogP contribution is 2.35. The number of hydrogen-bond donors (Lipinski definition) is 1. The van der Waals surface area contributed by atoms with E-state index in [1.165, 1.54) is 12.1 Å². The van der Waals surface area contributed by atoms with E-state index in [9.17, 15) is 13.2 Å². The molecule has 20 heavy (non-hydrogen) atoms. The van der Waals surface area contributed by atoms with Gasteiger partial charge >= 0.3 is 6.36 Å². The van der Waals surface area contributed by atoms with Crippen molar-refractivity contribution in [2.24, 2.45) is 0 Å². The fourth-order valence-electron chi connectivity index (χ4n) is 2.29. The maximum atomic E-state index is 12.4. The number of nitrogens with zero attached hydrogens (tertiary/aromatic N) is 1. The summed E-state index contributed by atoms with van der Waals surface area (Å²) < 4.78 is 46.5. The van der Waals surface area contributed by atoms with E-state index in [4.69, 9.17) is 10.5 Å². The molecule has 1 aliphatic rings. The molecule has 0 amide bonds. The van der Waals surface area contributed by atoms with E-state index in [1.54, 1.807) is 6.07 Å². The first-order chi connectivity index (χ1) is 9.46. The Morgan fingerprint density at radius 3 is 2.85 bits per heavy atom. The molecule has 2 N–H and O–H groups in total. The lowest BCUT2D eigenvalue weighted by molar-refractivity contribution is -0.274. The number of halogens is 3. The Hall–Kier alpha value is -2.02. The fourth-order valence-corrected chi connectivity index (χ4v) is 2.29. The quantitative estimate of drug-likeness (QED) is 0.874. The lowest BCUT2D eigenvalue weighted by Gasteiger charge is -2.20. The first-order valence-electron chi connectivity index (χ1n) is 5.99. The van der Waals surface area contributed by atoms with Gasteiger partial charge in [-0.05, 0) is 6.07 Å². The van der Waals surface area contributed by atoms with E-state index in [0.29, 0.717) is 36.4 Å². The summed E-state index contributed by atoms with van der Waals surface area (Å²) in [5.74, 6) is -0.337. The van der Waals surface area contributed by atoms with E-state index in [2.05, 4.69) is 9.72 Å². The highest BCUT2D eigenvalue weighted by molar-refractivity contribution is 5.95. The monoisotopic (exact) mass is 284 g/mol. The zero-order valence-corrected chi connectivity index (χ0v) is 10.3. The molecule has 0 spiro atoms. The first kappa shape index (κ1) is 13.0. The number of benzene rings is 1. The van der Waals surface area contributed by atoms with Crippen molar-refractivity contribution in [2.75, 3.05) is 12.3 Å². The van der Waals surface area contributed by atoms with Gasteiger partial charge in [0.25, 0.3) is 0 Å². The SMILES string of the molecule is Nc1c2c(nc3c(OC(F)(F)F)cccc13)CCOC2. The van der Waals surface area contributed by atoms with Gasteiger partial charge in [0.15, 0.2) is 5.75 Å². The molecule has 2 heterocycles. The summed E-state index contributed by atoms with van der Waals surface area (Å²) in [4.78, 5) is 4.28. The van der Waals surface area contributed by atoms with E-state index in [0.717, 1.165) is 5.56 Å². The van der Waals surface area contributed by atoms with E-state index in [1.807, 2.05) is 0 Å². The van der Waals surface area contributed by atoms with Crippen LogP contribution in [0.3, 0.4) is 0 Å². The van der Waals surface area contributed by atoms with Gasteiger partial charge in [0.05, 0.1) is 18.9 Å². The highest BCUT2D eigenvalue weighted by Gasteiger charge is 2.32. The van der Waals surface area contributed by atoms with Crippen LogP contribution in [0.4, 0.5) is 18.9 Å². The standard InChI is InChI=1S/C13H11F3N2O2/c14-13(15,16)20-10-3-1-2-7-11(17)8-6-19-5-4-9(8)18-12(7)10/h1-3H,4-6H2,(H2,17,18). The van der Waals surface area contributed by atoms with Crippen molar-refractivity contribution in [3.63, 3.8) is 0 Å². The Balaban J connectivity index is 2.21. The summed E-state index contributed by atoms with van der Waals surface area (Å²) in [5.41, 5.74) is 7.95. The largest absolute Gasteiger partial charge is 0.573 e. The molecule has 1 aromatic heterocycles. The molecule has 2 aromatic rings. The number of nitrogens with two attached hydrogens (primary N) is 1. The second-order valence-corrected chi connectivity index (χ2v) is 4.45. The summed E-state index contributed by atoms with van der Waals surface area (Å²) in [6, 6.07) is 4.31. The number of alkyl halides is 3. The molecule has 106 valence electrons. The summed E-state index contributed by atoms with van der Waals surface area (Å²) >= 11 is 0. The number of anilines is 1. The molecule has 4 nitrogen and oxygen atoms in total. The molecule has 7 heteroatoms. The third-order valence-electron chi connectivity index (χ3n) is 3.16. The van der Waals surface area contributed by atoms with Gasteiger partial charge in [-0.25, -0.2) is 4.98 Å². The van der Waals surface area contributed by atoms with Crippen molar-refractivity contribution in [1.29, 1.82) is 0 Å². The van der Waals surface area contributed by atoms with Crippen LogP contribution in [-0.4, -0.2) is 18.0 Å². The van der Waals surface area contributed by atoms with Crippen LogP contribution >= 0.6 is 0 Å². The molecule has 0 atom stereocenters. The van der Waals surface area contributed by atoms with Crippen LogP contribution in [0.1, 0.15) is 11.3 Å². The third-order valence-corrected chi connectivity index (χ3v) is 3.16. The second-order valence-electron chi connectivity index (χ2n) is 4.45. The molecule has 0 bridgehead atoms. The number of para-hydroxylation sites is 1. The van der Waals surface area contributed by atoms with Gasteiger partial charge in [0.2, 0.25) is 0 Å². The summed E-state index contributed by atoms with van der Waals surface area (Å²) in [6.07, 6.45) is -4.24. The summed E-state index contributed by atoms with van der Waals surface area (Å²) in [7, 11) is 0. The number of hydrogen-bond acceptors (Lipinski definition) is 4. The number of nitrogen functional groups attached to an aromatic ring is 1. The van der Waals surface area contributed by atoms with Gasteiger partial charge in [0, 0.05) is 23.1 Å². The average Bonchev–Trinajstić information content (AvgIpc) is 2.39. The number of rotatable bonds is 1. The maximum Gasteiger partial charge on any atom is 0.573 e. The third kappa shape index (κ3) is 2.24. The predicted molar refractivity (Wildman–Crippen MR) is 66.2 cm³/mol. The van der Waals surface area contributed by atoms with Crippen LogP contribution in [0.25, 0.3) is 10.9 Å². The van der Waals surface area contributed by atoms with E-state index in [-0.39, 0.29) is 11.3 Å². The lowest BCUT2D eigenvalue weighted by atomic mass is 10.0. The minimum atomic E-state index is -4.76. The van der Waals surface area contributed by atoms with Crippen molar-refractivity contribution in [3.05, 3.63) is 29.5 Å². The molecule has 1 aliphatic heterocycles. The number of aromatic nitrogens is 1. The Morgan fingerprint density at radius 1 is 1.30 bits per heavy atom. The van der Waals surface area contributed by atoms with Crippen LogP contribution in [0, 0.1) is 0 Å². The van der Waals surface area contributed by atoms with Crippen LogP contribution in [0.15, 0.2) is 18.2 Å². The minimum absolute atomic E-state index is 0.128. The smallest absolute Gasteiger partial charge is 0.403 e. The molecule has 0 radical (unpaired) electrons. The predicted octanol–water partition coefficient (Wildman–Crippen LogP) is 2.79. The average molecular weight is 284 g/mol. The van der Waals surface area contributed by atoms with Gasteiger partial charge < -0.3 is 15.2 Å². The molecule has 0 saturated carbocycles. The van der Waals surface area contributed by atoms with Crippen LogP contribution in [0.2, 0.25) is 0 Å². The molecule has 0 aliphatic carbocycles. The van der Waals surface area contributed by atoms with Crippen LogP contribution < -0.4 is 10.5 Å². The Morgan fingerprint density at radius 2 is 2.10 bits per heavy atom. The van der Waals surface area contributed by atoms with Crippen molar-refractivity contribution in [3.8, 4) is 5.75 Å². The molecule has 0 unspecified atom stereocenters. The summed E-state index contributed by atoms with van der Waals surface area (Å²) in [5, 5.41) is 0.441. The summed E-state index contributed by atoms with van der Waals surface area (Å²) in [6.45, 7) is 0.807. The van der Waals surface area contributed by atoms with Crippen molar-refractivity contribution in [2.45, 2.75) is 19.4 Å². The molecule has 1 aromatic carbocycles.